The van der Waals surface area contributed by atoms with Crippen molar-refractivity contribution < 1.29 is 35.4 Å². The summed E-state index contributed by atoms with van der Waals surface area (Å²) in [6.07, 6.45) is 6.89. The van der Waals surface area contributed by atoms with E-state index in [0.717, 1.165) is 38.5 Å². The largest absolute Gasteiger partial charge is 0.504 e. The summed E-state index contributed by atoms with van der Waals surface area (Å²) in [7, 11) is 0. The van der Waals surface area contributed by atoms with Gasteiger partial charge in [0.2, 0.25) is 11.5 Å². The Labute approximate surface area is 175 Å². The number of aryl methyl sites for hydroxylation is 2. The predicted molar refractivity (Wildman–Crippen MR) is 112 cm³/mol. The van der Waals surface area contributed by atoms with E-state index in [1.165, 1.54) is 12.1 Å². The molecule has 0 aliphatic rings. The summed E-state index contributed by atoms with van der Waals surface area (Å²) < 4.78 is 0. The van der Waals surface area contributed by atoms with Gasteiger partial charge in [-0.1, -0.05) is 25.0 Å². The molecule has 0 aromatic heterocycles. The van der Waals surface area contributed by atoms with E-state index in [4.69, 9.17) is 0 Å². The van der Waals surface area contributed by atoms with E-state index in [1.54, 1.807) is 12.1 Å². The molecule has 30 heavy (non-hydrogen) atoms. The van der Waals surface area contributed by atoms with Gasteiger partial charge in [0.1, 0.15) is 5.78 Å². The molecule has 0 bridgehead atoms. The van der Waals surface area contributed by atoms with Crippen molar-refractivity contribution in [1.29, 1.82) is 0 Å². The molecule has 0 fully saturated rings. The summed E-state index contributed by atoms with van der Waals surface area (Å²) in [4.78, 5) is 12.0. The highest BCUT2D eigenvalue weighted by molar-refractivity contribution is 5.78. The highest BCUT2D eigenvalue weighted by Gasteiger charge is 2.12. The molecule has 0 radical (unpaired) electrons. The van der Waals surface area contributed by atoms with Crippen LogP contribution < -0.4 is 0 Å². The van der Waals surface area contributed by atoms with Crippen LogP contribution >= 0.6 is 0 Å². The first-order chi connectivity index (χ1) is 14.3. The van der Waals surface area contributed by atoms with Crippen LogP contribution in [-0.4, -0.2) is 36.4 Å². The number of unbranched alkanes of at least 4 members (excludes halogenated alkanes) is 4. The number of carbonyl (C=O) groups is 1. The molecule has 0 aliphatic heterocycles. The molecule has 0 amide bonds. The lowest BCUT2D eigenvalue weighted by Crippen LogP contribution is -1.98. The molecule has 0 saturated heterocycles. The zero-order valence-electron chi connectivity index (χ0n) is 17.0. The van der Waals surface area contributed by atoms with Gasteiger partial charge >= 0.3 is 0 Å². The Morgan fingerprint density at radius 2 is 0.933 bits per heavy atom. The van der Waals surface area contributed by atoms with Gasteiger partial charge in [-0.05, 0) is 61.8 Å². The minimum atomic E-state index is -0.500. The van der Waals surface area contributed by atoms with Crippen LogP contribution in [0.15, 0.2) is 24.3 Å². The fourth-order valence-corrected chi connectivity index (χ4v) is 3.38. The highest BCUT2D eigenvalue weighted by Crippen LogP contribution is 2.38. The molecule has 0 atom stereocenters. The zero-order valence-corrected chi connectivity index (χ0v) is 17.0. The number of phenolic OH excluding ortho intramolecular Hbond substituents is 6. The molecule has 2 aromatic rings. The number of Topliss-reactive ketones (excluding diaryl/α,β-unsaturated/α-hetero) is 1. The maximum absolute atomic E-state index is 12.0. The van der Waals surface area contributed by atoms with Crippen LogP contribution in [0.1, 0.15) is 62.5 Å². The number of benzene rings is 2. The Balaban J connectivity index is 1.56. The van der Waals surface area contributed by atoms with E-state index < -0.39 is 11.5 Å². The molecule has 0 unspecified atom stereocenters. The summed E-state index contributed by atoms with van der Waals surface area (Å²) in [5.74, 6) is -2.06. The summed E-state index contributed by atoms with van der Waals surface area (Å²) in [5.41, 5.74) is 1.15. The number of rotatable bonds is 12. The molecule has 2 rings (SSSR count). The molecule has 0 heterocycles. The Morgan fingerprint density at radius 1 is 0.533 bits per heavy atom. The molecule has 7 nitrogen and oxygen atoms in total. The van der Waals surface area contributed by atoms with Crippen molar-refractivity contribution in [3.63, 3.8) is 0 Å². The van der Waals surface area contributed by atoms with Crippen LogP contribution in [-0.2, 0) is 17.6 Å². The monoisotopic (exact) mass is 418 g/mol. The van der Waals surface area contributed by atoms with Gasteiger partial charge in [0.25, 0.3) is 0 Å². The van der Waals surface area contributed by atoms with Gasteiger partial charge in [-0.15, -0.1) is 0 Å². The maximum Gasteiger partial charge on any atom is 0.200 e. The summed E-state index contributed by atoms with van der Waals surface area (Å²) >= 11 is 0. The van der Waals surface area contributed by atoms with Crippen molar-refractivity contribution in [3.05, 3.63) is 35.4 Å². The summed E-state index contributed by atoms with van der Waals surface area (Å²) in [6.45, 7) is 0. The Kier molecular flexibility index (Phi) is 8.65. The molecule has 6 N–H and O–H groups in total. The van der Waals surface area contributed by atoms with Gasteiger partial charge in [0.15, 0.2) is 23.0 Å². The number of hydrogen-bond acceptors (Lipinski definition) is 7. The first-order valence-electron chi connectivity index (χ1n) is 10.3. The van der Waals surface area contributed by atoms with Crippen LogP contribution in [0, 0.1) is 0 Å². The fraction of sp³-hybridized carbons (Fsp3) is 0.435. The van der Waals surface area contributed by atoms with E-state index in [0.29, 0.717) is 36.8 Å². The lowest BCUT2D eigenvalue weighted by molar-refractivity contribution is -0.119. The van der Waals surface area contributed by atoms with Crippen molar-refractivity contribution in [2.75, 3.05) is 0 Å². The van der Waals surface area contributed by atoms with Crippen LogP contribution in [0.5, 0.6) is 34.5 Å². The number of phenols is 6. The van der Waals surface area contributed by atoms with E-state index in [1.807, 2.05) is 0 Å². The molecule has 7 heteroatoms. The van der Waals surface area contributed by atoms with Crippen molar-refractivity contribution >= 4 is 5.78 Å². The second-order valence-corrected chi connectivity index (χ2v) is 7.54. The third-order valence-electron chi connectivity index (χ3n) is 5.23. The minimum Gasteiger partial charge on any atom is -0.504 e. The van der Waals surface area contributed by atoms with Gasteiger partial charge < -0.3 is 30.6 Å². The minimum absolute atomic E-state index is 0.213. The van der Waals surface area contributed by atoms with Gasteiger partial charge in [-0.2, -0.15) is 0 Å². The summed E-state index contributed by atoms with van der Waals surface area (Å²) in [5, 5.41) is 57.2. The Bertz CT molecular complexity index is 792. The highest BCUT2D eigenvalue weighted by atomic mass is 16.3. The molecule has 164 valence electrons. The van der Waals surface area contributed by atoms with Gasteiger partial charge in [-0.25, -0.2) is 0 Å². The number of aromatic hydroxyl groups is 6. The number of hydrogen-bond donors (Lipinski definition) is 6. The van der Waals surface area contributed by atoms with Crippen LogP contribution in [0.2, 0.25) is 0 Å². The predicted octanol–water partition coefficient (Wildman–Crippen LogP) is 4.40. The van der Waals surface area contributed by atoms with E-state index in [-0.39, 0.29) is 28.8 Å². The second-order valence-electron chi connectivity index (χ2n) is 7.54. The van der Waals surface area contributed by atoms with Crippen LogP contribution in [0.4, 0.5) is 0 Å². The first-order valence-corrected chi connectivity index (χ1v) is 10.3. The van der Waals surface area contributed by atoms with E-state index in [9.17, 15) is 35.4 Å². The Hall–Kier alpha value is -3.09. The second kappa shape index (κ2) is 11.2. The molecule has 0 saturated carbocycles. The first kappa shape index (κ1) is 23.2. The maximum atomic E-state index is 12.0. The van der Waals surface area contributed by atoms with Crippen LogP contribution in [0.3, 0.4) is 0 Å². The normalized spacial score (nSPS) is 10.9. The van der Waals surface area contributed by atoms with Crippen molar-refractivity contribution in [2.45, 2.75) is 64.2 Å². The molecular weight excluding hydrogens is 388 g/mol. The third-order valence-corrected chi connectivity index (χ3v) is 5.23. The molecule has 0 aliphatic carbocycles. The van der Waals surface area contributed by atoms with Gasteiger partial charge in [-0.3, -0.25) is 4.79 Å². The third kappa shape index (κ3) is 6.47. The lowest BCUT2D eigenvalue weighted by Gasteiger charge is -2.08. The van der Waals surface area contributed by atoms with Crippen molar-refractivity contribution in [3.8, 4) is 34.5 Å². The van der Waals surface area contributed by atoms with Gasteiger partial charge in [0.05, 0.1) is 0 Å². The average molecular weight is 418 g/mol. The van der Waals surface area contributed by atoms with Gasteiger partial charge in [0, 0.05) is 12.8 Å². The number of ketones is 1. The average Bonchev–Trinajstić information content (AvgIpc) is 2.72. The van der Waals surface area contributed by atoms with Crippen molar-refractivity contribution in [1.82, 2.24) is 0 Å². The summed E-state index contributed by atoms with van der Waals surface area (Å²) in [6, 6.07) is 5.85. The Morgan fingerprint density at radius 3 is 1.33 bits per heavy atom. The van der Waals surface area contributed by atoms with Crippen molar-refractivity contribution in [2.24, 2.45) is 0 Å². The molecule has 2 aromatic carbocycles. The number of carbonyl (C=O) groups excluding carboxylic acids is 1. The SMILES string of the molecule is O=C(CCCCCc1ccc(O)c(O)c1O)CCCCCc1ccc(O)c(O)c1O. The molecular formula is C23H30O7. The quantitative estimate of drug-likeness (QED) is 0.222. The van der Waals surface area contributed by atoms with Crippen LogP contribution in [0.25, 0.3) is 0 Å². The standard InChI is InChI=1S/C23H30O7/c24-17(9-5-1-3-7-15-11-13-18(25)22(29)20(15)27)10-6-2-4-8-16-12-14-19(26)23(30)21(16)28/h11-14,25-30H,1-10H2. The topological polar surface area (TPSA) is 138 Å². The smallest absolute Gasteiger partial charge is 0.200 e. The van der Waals surface area contributed by atoms with E-state index in [2.05, 4.69) is 0 Å². The zero-order chi connectivity index (χ0) is 22.1. The fourth-order valence-electron chi connectivity index (χ4n) is 3.38. The molecule has 0 spiro atoms. The lowest BCUT2D eigenvalue weighted by atomic mass is 10.0. The van der Waals surface area contributed by atoms with E-state index >= 15 is 0 Å².